The largest absolute Gasteiger partial charge is 0.301 e. The van der Waals surface area contributed by atoms with Crippen LogP contribution in [-0.4, -0.2) is 29.4 Å². The van der Waals surface area contributed by atoms with Crippen molar-refractivity contribution in [3.8, 4) is 0 Å². The van der Waals surface area contributed by atoms with Crippen LogP contribution < -0.4 is 11.3 Å². The lowest BCUT2D eigenvalue weighted by Gasteiger charge is -2.14. The van der Waals surface area contributed by atoms with Gasteiger partial charge in [0.15, 0.2) is 0 Å². The smallest absolute Gasteiger partial charge is 0.233 e. The van der Waals surface area contributed by atoms with E-state index >= 15 is 0 Å². The predicted octanol–water partition coefficient (Wildman–Crippen LogP) is 0.735. The summed E-state index contributed by atoms with van der Waals surface area (Å²) in [5.74, 6) is 4.89. The van der Waals surface area contributed by atoms with Gasteiger partial charge in [0.2, 0.25) is 5.91 Å². The molecule has 1 aromatic rings. The standard InChI is InChI=1S/C10H18N4OS/c1-14(6-9-7-16-8-12-9)5-3-2-4-10(15)13-11/h7-8H,2-6,11H2,1H3,(H,13,15). The van der Waals surface area contributed by atoms with Crippen LogP contribution >= 0.6 is 11.3 Å². The number of thiazole rings is 1. The molecule has 0 aromatic carbocycles. The third kappa shape index (κ3) is 5.20. The van der Waals surface area contributed by atoms with Crippen molar-refractivity contribution in [1.82, 2.24) is 15.3 Å². The van der Waals surface area contributed by atoms with Crippen LogP contribution in [0.3, 0.4) is 0 Å². The number of hydrogen-bond donors (Lipinski definition) is 2. The quantitative estimate of drug-likeness (QED) is 0.320. The van der Waals surface area contributed by atoms with Gasteiger partial charge in [0.25, 0.3) is 0 Å². The summed E-state index contributed by atoms with van der Waals surface area (Å²) < 4.78 is 0. The fourth-order valence-corrected chi connectivity index (χ4v) is 1.96. The third-order valence-corrected chi connectivity index (χ3v) is 2.91. The van der Waals surface area contributed by atoms with Crippen LogP contribution in [-0.2, 0) is 11.3 Å². The SMILES string of the molecule is CN(CCCCC(=O)NN)Cc1cscn1. The van der Waals surface area contributed by atoms with Gasteiger partial charge in [0, 0.05) is 18.3 Å². The summed E-state index contributed by atoms with van der Waals surface area (Å²) in [6.45, 7) is 1.84. The van der Waals surface area contributed by atoms with Gasteiger partial charge < -0.3 is 4.90 Å². The highest BCUT2D eigenvalue weighted by molar-refractivity contribution is 7.07. The van der Waals surface area contributed by atoms with Gasteiger partial charge in [-0.25, -0.2) is 10.8 Å². The number of carbonyl (C=O) groups excluding carboxylic acids is 1. The Balaban J connectivity index is 2.06. The third-order valence-electron chi connectivity index (χ3n) is 2.27. The Bertz CT molecular complexity index is 302. The minimum absolute atomic E-state index is 0.0952. The van der Waals surface area contributed by atoms with Crippen LogP contribution in [0, 0.1) is 0 Å². The molecule has 0 radical (unpaired) electrons. The van der Waals surface area contributed by atoms with E-state index in [9.17, 15) is 4.79 Å². The van der Waals surface area contributed by atoms with Crippen LogP contribution in [0.4, 0.5) is 0 Å². The Morgan fingerprint density at radius 1 is 1.62 bits per heavy atom. The van der Waals surface area contributed by atoms with Crippen molar-refractivity contribution in [2.75, 3.05) is 13.6 Å². The normalized spacial score (nSPS) is 10.7. The maximum Gasteiger partial charge on any atom is 0.233 e. The molecule has 3 N–H and O–H groups in total. The minimum atomic E-state index is -0.0952. The van der Waals surface area contributed by atoms with Gasteiger partial charge in [-0.1, -0.05) is 0 Å². The van der Waals surface area contributed by atoms with E-state index < -0.39 is 0 Å². The second-order valence-electron chi connectivity index (χ2n) is 3.74. The summed E-state index contributed by atoms with van der Waals surface area (Å²) >= 11 is 1.61. The van der Waals surface area contributed by atoms with Gasteiger partial charge in [0.05, 0.1) is 11.2 Å². The van der Waals surface area contributed by atoms with Gasteiger partial charge in [-0.05, 0) is 26.4 Å². The van der Waals surface area contributed by atoms with Crippen molar-refractivity contribution >= 4 is 17.2 Å². The van der Waals surface area contributed by atoms with Gasteiger partial charge in [0.1, 0.15) is 0 Å². The van der Waals surface area contributed by atoms with Crippen LogP contribution in [0.25, 0.3) is 0 Å². The molecular weight excluding hydrogens is 224 g/mol. The highest BCUT2D eigenvalue weighted by atomic mass is 32.1. The molecule has 90 valence electrons. The molecule has 0 fully saturated rings. The molecule has 1 rings (SSSR count). The van der Waals surface area contributed by atoms with Crippen LogP contribution in [0.5, 0.6) is 0 Å². The molecule has 0 atom stereocenters. The molecule has 0 spiro atoms. The number of amides is 1. The van der Waals surface area contributed by atoms with E-state index in [1.54, 1.807) is 11.3 Å². The van der Waals surface area contributed by atoms with E-state index in [0.29, 0.717) is 6.42 Å². The zero-order valence-corrected chi connectivity index (χ0v) is 10.3. The Morgan fingerprint density at radius 3 is 3.06 bits per heavy atom. The molecule has 0 bridgehead atoms. The maximum atomic E-state index is 10.9. The van der Waals surface area contributed by atoms with E-state index in [0.717, 1.165) is 31.6 Å². The van der Waals surface area contributed by atoms with E-state index in [-0.39, 0.29) is 5.91 Å². The van der Waals surface area contributed by atoms with E-state index in [1.807, 2.05) is 5.51 Å². The predicted molar refractivity (Wildman–Crippen MR) is 64.6 cm³/mol. The Labute approximate surface area is 99.6 Å². The topological polar surface area (TPSA) is 71.2 Å². The summed E-state index contributed by atoms with van der Waals surface area (Å²) in [4.78, 5) is 17.3. The molecule has 1 aromatic heterocycles. The van der Waals surface area contributed by atoms with Crippen molar-refractivity contribution in [3.63, 3.8) is 0 Å². The fourth-order valence-electron chi connectivity index (χ4n) is 1.41. The van der Waals surface area contributed by atoms with Gasteiger partial charge in [-0.3, -0.25) is 10.2 Å². The van der Waals surface area contributed by atoms with Crippen molar-refractivity contribution in [2.45, 2.75) is 25.8 Å². The number of hydrogen-bond acceptors (Lipinski definition) is 5. The number of nitrogens with one attached hydrogen (secondary N) is 1. The summed E-state index contributed by atoms with van der Waals surface area (Å²) in [5.41, 5.74) is 5.07. The van der Waals surface area contributed by atoms with E-state index in [2.05, 4.69) is 27.7 Å². The molecule has 1 heterocycles. The molecule has 0 unspecified atom stereocenters. The zero-order valence-electron chi connectivity index (χ0n) is 9.48. The summed E-state index contributed by atoms with van der Waals surface area (Å²) in [6.07, 6.45) is 2.36. The molecule has 0 saturated heterocycles. The molecule has 6 heteroatoms. The molecule has 0 saturated carbocycles. The van der Waals surface area contributed by atoms with Gasteiger partial charge >= 0.3 is 0 Å². The van der Waals surface area contributed by atoms with Crippen molar-refractivity contribution in [2.24, 2.45) is 5.84 Å². The number of hydrazine groups is 1. The average molecular weight is 242 g/mol. The number of aromatic nitrogens is 1. The molecule has 16 heavy (non-hydrogen) atoms. The molecule has 0 aliphatic heterocycles. The number of carbonyl (C=O) groups is 1. The van der Waals surface area contributed by atoms with Crippen molar-refractivity contribution in [3.05, 3.63) is 16.6 Å². The molecule has 0 aliphatic carbocycles. The van der Waals surface area contributed by atoms with Crippen molar-refractivity contribution < 1.29 is 4.79 Å². The second-order valence-corrected chi connectivity index (χ2v) is 4.46. The Hall–Kier alpha value is -0.980. The minimum Gasteiger partial charge on any atom is -0.301 e. The average Bonchev–Trinajstić information content (AvgIpc) is 2.76. The summed E-state index contributed by atoms with van der Waals surface area (Å²) in [6, 6.07) is 0. The van der Waals surface area contributed by atoms with Crippen LogP contribution in [0.1, 0.15) is 25.0 Å². The van der Waals surface area contributed by atoms with Gasteiger partial charge in [-0.2, -0.15) is 0 Å². The first-order chi connectivity index (χ1) is 7.72. The lowest BCUT2D eigenvalue weighted by atomic mass is 10.2. The highest BCUT2D eigenvalue weighted by Gasteiger charge is 2.03. The highest BCUT2D eigenvalue weighted by Crippen LogP contribution is 2.05. The zero-order chi connectivity index (χ0) is 11.8. The number of rotatable bonds is 7. The summed E-state index contributed by atoms with van der Waals surface area (Å²) in [7, 11) is 2.06. The van der Waals surface area contributed by atoms with E-state index in [1.165, 1.54) is 0 Å². The Kier molecular flexibility index (Phi) is 5.99. The van der Waals surface area contributed by atoms with Crippen LogP contribution in [0.15, 0.2) is 10.9 Å². The molecular formula is C10H18N4OS. The van der Waals surface area contributed by atoms with E-state index in [4.69, 9.17) is 5.84 Å². The second kappa shape index (κ2) is 7.32. The maximum absolute atomic E-state index is 10.9. The van der Waals surface area contributed by atoms with Gasteiger partial charge in [-0.15, -0.1) is 11.3 Å². The lowest BCUT2D eigenvalue weighted by Crippen LogP contribution is -2.29. The Morgan fingerprint density at radius 2 is 2.44 bits per heavy atom. The fraction of sp³-hybridized carbons (Fsp3) is 0.600. The van der Waals surface area contributed by atoms with Crippen molar-refractivity contribution in [1.29, 1.82) is 0 Å². The summed E-state index contributed by atoms with van der Waals surface area (Å²) in [5, 5.41) is 2.05. The number of nitrogens with zero attached hydrogens (tertiary/aromatic N) is 2. The first-order valence-corrected chi connectivity index (χ1v) is 6.21. The molecule has 5 nitrogen and oxygen atoms in total. The first-order valence-electron chi connectivity index (χ1n) is 5.27. The van der Waals surface area contributed by atoms with Crippen LogP contribution in [0.2, 0.25) is 0 Å². The number of unbranched alkanes of at least 4 members (excludes halogenated alkanes) is 1. The first kappa shape index (κ1) is 13.1. The molecule has 0 aliphatic rings. The molecule has 1 amide bonds. The number of nitrogens with two attached hydrogens (primary N) is 1. The lowest BCUT2D eigenvalue weighted by molar-refractivity contribution is -0.121. The monoisotopic (exact) mass is 242 g/mol.